The molecule has 1 saturated heterocycles. The molecule has 5 nitrogen and oxygen atoms in total. The van der Waals surface area contributed by atoms with E-state index in [1.54, 1.807) is 0 Å². The standard InChI is InChI=1S/C14H20N2O3/c1-11(10-14(17)18)15-12-2-4-13(5-3-12)16-6-8-19-9-7-16/h2-5,11,15H,6-10H2,1H3,(H,17,18). The van der Waals surface area contributed by atoms with Gasteiger partial charge in [-0.3, -0.25) is 4.79 Å². The van der Waals surface area contributed by atoms with Crippen LogP contribution < -0.4 is 10.2 Å². The van der Waals surface area contributed by atoms with Crippen molar-refractivity contribution in [2.75, 3.05) is 36.5 Å². The van der Waals surface area contributed by atoms with Crippen LogP contribution >= 0.6 is 0 Å². The highest BCUT2D eigenvalue weighted by molar-refractivity contribution is 5.68. The Kier molecular flexibility index (Phi) is 4.63. The lowest BCUT2D eigenvalue weighted by Gasteiger charge is -2.29. The predicted octanol–water partition coefficient (Wildman–Crippen LogP) is 1.80. The fourth-order valence-corrected chi connectivity index (χ4v) is 2.19. The molecule has 0 radical (unpaired) electrons. The van der Waals surface area contributed by atoms with Gasteiger partial charge in [-0.15, -0.1) is 0 Å². The molecule has 1 atom stereocenters. The Morgan fingerprint density at radius 1 is 1.37 bits per heavy atom. The van der Waals surface area contributed by atoms with Gasteiger partial charge in [-0.2, -0.15) is 0 Å². The summed E-state index contributed by atoms with van der Waals surface area (Å²) in [5.74, 6) is -0.787. The topological polar surface area (TPSA) is 61.8 Å². The molecule has 1 aromatic carbocycles. The van der Waals surface area contributed by atoms with Crippen LogP contribution in [0.5, 0.6) is 0 Å². The maximum atomic E-state index is 10.6. The Balaban J connectivity index is 1.92. The molecule has 0 bridgehead atoms. The molecule has 0 aromatic heterocycles. The Labute approximate surface area is 113 Å². The van der Waals surface area contributed by atoms with Crippen molar-refractivity contribution in [3.05, 3.63) is 24.3 Å². The van der Waals surface area contributed by atoms with E-state index < -0.39 is 5.97 Å². The van der Waals surface area contributed by atoms with Crippen LogP contribution in [0.25, 0.3) is 0 Å². The van der Waals surface area contributed by atoms with Gasteiger partial charge >= 0.3 is 5.97 Å². The summed E-state index contributed by atoms with van der Waals surface area (Å²) < 4.78 is 5.32. The lowest BCUT2D eigenvalue weighted by molar-refractivity contribution is -0.137. The average Bonchev–Trinajstić information content (AvgIpc) is 2.39. The quantitative estimate of drug-likeness (QED) is 0.849. The molecular weight excluding hydrogens is 244 g/mol. The average molecular weight is 264 g/mol. The Morgan fingerprint density at radius 2 is 2.00 bits per heavy atom. The van der Waals surface area contributed by atoms with Gasteiger partial charge < -0.3 is 20.1 Å². The van der Waals surface area contributed by atoms with Crippen LogP contribution in [0.15, 0.2) is 24.3 Å². The van der Waals surface area contributed by atoms with E-state index in [1.165, 1.54) is 5.69 Å². The highest BCUT2D eigenvalue weighted by Gasteiger charge is 2.11. The SMILES string of the molecule is CC(CC(=O)O)Nc1ccc(N2CCOCC2)cc1. The summed E-state index contributed by atoms with van der Waals surface area (Å²) in [4.78, 5) is 12.9. The molecule has 0 spiro atoms. The van der Waals surface area contributed by atoms with Gasteiger partial charge in [-0.25, -0.2) is 0 Å². The van der Waals surface area contributed by atoms with Gasteiger partial charge in [0, 0.05) is 30.5 Å². The first-order chi connectivity index (χ1) is 9.15. The van der Waals surface area contributed by atoms with E-state index in [9.17, 15) is 4.79 Å². The van der Waals surface area contributed by atoms with Crippen LogP contribution in [-0.2, 0) is 9.53 Å². The molecular formula is C14H20N2O3. The number of nitrogens with one attached hydrogen (secondary N) is 1. The lowest BCUT2D eigenvalue weighted by atomic mass is 10.2. The number of hydrogen-bond acceptors (Lipinski definition) is 4. The molecule has 1 heterocycles. The second-order valence-corrected chi connectivity index (χ2v) is 4.79. The number of aliphatic carboxylic acids is 1. The number of benzene rings is 1. The zero-order valence-corrected chi connectivity index (χ0v) is 11.1. The summed E-state index contributed by atoms with van der Waals surface area (Å²) in [5.41, 5.74) is 2.13. The summed E-state index contributed by atoms with van der Waals surface area (Å²) in [7, 11) is 0. The number of carboxylic acid groups (broad SMARTS) is 1. The molecule has 2 rings (SSSR count). The highest BCUT2D eigenvalue weighted by Crippen LogP contribution is 2.19. The molecule has 1 fully saturated rings. The molecule has 1 aromatic rings. The molecule has 1 unspecified atom stereocenters. The number of morpholine rings is 1. The maximum absolute atomic E-state index is 10.6. The van der Waals surface area contributed by atoms with Crippen molar-refractivity contribution in [1.29, 1.82) is 0 Å². The van der Waals surface area contributed by atoms with E-state index in [4.69, 9.17) is 9.84 Å². The van der Waals surface area contributed by atoms with Crippen molar-refractivity contribution in [3.8, 4) is 0 Å². The van der Waals surface area contributed by atoms with E-state index >= 15 is 0 Å². The van der Waals surface area contributed by atoms with Gasteiger partial charge in [0.25, 0.3) is 0 Å². The maximum Gasteiger partial charge on any atom is 0.305 e. The van der Waals surface area contributed by atoms with Crippen molar-refractivity contribution < 1.29 is 14.6 Å². The molecule has 5 heteroatoms. The Bertz CT molecular complexity index is 413. The van der Waals surface area contributed by atoms with Gasteiger partial charge in [0.2, 0.25) is 0 Å². The largest absolute Gasteiger partial charge is 0.481 e. The molecule has 104 valence electrons. The number of carbonyl (C=O) groups is 1. The minimum Gasteiger partial charge on any atom is -0.481 e. The highest BCUT2D eigenvalue weighted by atomic mass is 16.5. The van der Waals surface area contributed by atoms with Crippen LogP contribution in [-0.4, -0.2) is 43.4 Å². The van der Waals surface area contributed by atoms with Crippen LogP contribution in [0.4, 0.5) is 11.4 Å². The molecule has 0 aliphatic carbocycles. The van der Waals surface area contributed by atoms with Crippen molar-refractivity contribution in [2.45, 2.75) is 19.4 Å². The second kappa shape index (κ2) is 6.43. The number of hydrogen-bond donors (Lipinski definition) is 2. The number of ether oxygens (including phenoxy) is 1. The molecule has 1 aliphatic heterocycles. The summed E-state index contributed by atoms with van der Waals surface area (Å²) in [6.07, 6.45) is 0.116. The minimum atomic E-state index is -0.787. The summed E-state index contributed by atoms with van der Waals surface area (Å²) in [5, 5.41) is 11.9. The normalized spacial score (nSPS) is 17.0. The summed E-state index contributed by atoms with van der Waals surface area (Å²) in [6.45, 7) is 5.25. The van der Waals surface area contributed by atoms with Crippen molar-refractivity contribution >= 4 is 17.3 Å². The van der Waals surface area contributed by atoms with Gasteiger partial charge in [-0.05, 0) is 31.2 Å². The van der Waals surface area contributed by atoms with Crippen LogP contribution in [0, 0.1) is 0 Å². The van der Waals surface area contributed by atoms with Crippen LogP contribution in [0.1, 0.15) is 13.3 Å². The van der Waals surface area contributed by atoms with Gasteiger partial charge in [-0.1, -0.05) is 0 Å². The van der Waals surface area contributed by atoms with E-state index in [0.717, 1.165) is 32.0 Å². The van der Waals surface area contributed by atoms with Gasteiger partial charge in [0.15, 0.2) is 0 Å². The first-order valence-corrected chi connectivity index (χ1v) is 6.56. The van der Waals surface area contributed by atoms with Gasteiger partial charge in [0.05, 0.1) is 19.6 Å². The molecule has 1 aliphatic rings. The minimum absolute atomic E-state index is 0.0771. The predicted molar refractivity (Wildman–Crippen MR) is 74.8 cm³/mol. The summed E-state index contributed by atoms with van der Waals surface area (Å²) in [6, 6.07) is 8.01. The Hall–Kier alpha value is -1.75. The van der Waals surface area contributed by atoms with E-state index in [0.29, 0.717) is 0 Å². The van der Waals surface area contributed by atoms with Gasteiger partial charge in [0.1, 0.15) is 0 Å². The fourth-order valence-electron chi connectivity index (χ4n) is 2.19. The zero-order chi connectivity index (χ0) is 13.7. The molecule has 2 N–H and O–H groups in total. The number of nitrogens with zero attached hydrogens (tertiary/aromatic N) is 1. The van der Waals surface area contributed by atoms with Crippen molar-refractivity contribution in [2.24, 2.45) is 0 Å². The molecule has 0 amide bonds. The van der Waals surface area contributed by atoms with Crippen molar-refractivity contribution in [3.63, 3.8) is 0 Å². The van der Waals surface area contributed by atoms with E-state index in [2.05, 4.69) is 22.3 Å². The summed E-state index contributed by atoms with van der Waals surface area (Å²) >= 11 is 0. The third-order valence-corrected chi connectivity index (χ3v) is 3.14. The number of rotatable bonds is 5. The second-order valence-electron chi connectivity index (χ2n) is 4.79. The first-order valence-electron chi connectivity index (χ1n) is 6.56. The zero-order valence-electron chi connectivity index (χ0n) is 11.1. The number of anilines is 2. The number of carboxylic acids is 1. The monoisotopic (exact) mass is 264 g/mol. The first kappa shape index (κ1) is 13.7. The third kappa shape index (κ3) is 4.13. The molecule has 19 heavy (non-hydrogen) atoms. The van der Waals surface area contributed by atoms with Crippen molar-refractivity contribution in [1.82, 2.24) is 0 Å². The van der Waals surface area contributed by atoms with Crippen LogP contribution in [0.2, 0.25) is 0 Å². The van der Waals surface area contributed by atoms with Crippen LogP contribution in [0.3, 0.4) is 0 Å². The molecule has 0 saturated carbocycles. The van der Waals surface area contributed by atoms with E-state index in [-0.39, 0.29) is 12.5 Å². The lowest BCUT2D eigenvalue weighted by Crippen LogP contribution is -2.36. The third-order valence-electron chi connectivity index (χ3n) is 3.14. The van der Waals surface area contributed by atoms with E-state index in [1.807, 2.05) is 19.1 Å². The fraction of sp³-hybridized carbons (Fsp3) is 0.500. The Morgan fingerprint density at radius 3 is 2.58 bits per heavy atom. The smallest absolute Gasteiger partial charge is 0.305 e.